The maximum absolute atomic E-state index is 13.8. The molecule has 0 heterocycles. The second-order valence-electron chi connectivity index (χ2n) is 3.93. The summed E-state index contributed by atoms with van der Waals surface area (Å²) in [6, 6.07) is 4.95. The van der Waals surface area contributed by atoms with Crippen LogP contribution >= 0.6 is 0 Å². The van der Waals surface area contributed by atoms with E-state index < -0.39 is 6.10 Å². The standard InChI is InChI=1S/C13H19FO3/c1-16-8-4-6-11(15)9-10-5-3-7-12(17-2)13(10)14/h3,5,7,11,15H,4,6,8-9H2,1-2H3. The molecule has 17 heavy (non-hydrogen) atoms. The molecule has 0 bridgehead atoms. The molecule has 0 aliphatic heterocycles. The molecule has 0 spiro atoms. The Balaban J connectivity index is 2.55. The van der Waals surface area contributed by atoms with Crippen molar-refractivity contribution in [2.45, 2.75) is 25.4 Å². The highest BCUT2D eigenvalue weighted by Gasteiger charge is 2.12. The van der Waals surface area contributed by atoms with Crippen LogP contribution in [0.3, 0.4) is 0 Å². The smallest absolute Gasteiger partial charge is 0.168 e. The molecule has 0 radical (unpaired) electrons. The minimum absolute atomic E-state index is 0.214. The second-order valence-corrected chi connectivity index (χ2v) is 3.93. The van der Waals surface area contributed by atoms with Gasteiger partial charge in [0.05, 0.1) is 13.2 Å². The normalized spacial score (nSPS) is 12.5. The van der Waals surface area contributed by atoms with Gasteiger partial charge in [-0.3, -0.25) is 0 Å². The van der Waals surface area contributed by atoms with E-state index in [0.29, 0.717) is 25.0 Å². The Hall–Kier alpha value is -1.13. The molecule has 0 saturated heterocycles. The maximum atomic E-state index is 13.8. The van der Waals surface area contributed by atoms with Crippen LogP contribution in [0, 0.1) is 5.82 Å². The number of hydrogen-bond acceptors (Lipinski definition) is 3. The van der Waals surface area contributed by atoms with E-state index in [1.807, 2.05) is 0 Å². The van der Waals surface area contributed by atoms with Crippen LogP contribution in [0.15, 0.2) is 18.2 Å². The lowest BCUT2D eigenvalue weighted by molar-refractivity contribution is 0.134. The maximum Gasteiger partial charge on any atom is 0.168 e. The first kappa shape index (κ1) is 13.9. The van der Waals surface area contributed by atoms with E-state index >= 15 is 0 Å². The van der Waals surface area contributed by atoms with E-state index in [0.717, 1.165) is 6.42 Å². The zero-order valence-corrected chi connectivity index (χ0v) is 10.3. The van der Waals surface area contributed by atoms with Gasteiger partial charge >= 0.3 is 0 Å². The highest BCUT2D eigenvalue weighted by molar-refractivity contribution is 5.31. The van der Waals surface area contributed by atoms with Crippen molar-refractivity contribution in [1.82, 2.24) is 0 Å². The van der Waals surface area contributed by atoms with Gasteiger partial charge in [0.2, 0.25) is 0 Å². The van der Waals surface area contributed by atoms with Crippen LogP contribution in [-0.4, -0.2) is 32.0 Å². The minimum Gasteiger partial charge on any atom is -0.494 e. The van der Waals surface area contributed by atoms with E-state index in [-0.39, 0.29) is 11.6 Å². The summed E-state index contributed by atoms with van der Waals surface area (Å²) >= 11 is 0. The minimum atomic E-state index is -0.549. The number of benzene rings is 1. The summed E-state index contributed by atoms with van der Waals surface area (Å²) in [4.78, 5) is 0. The van der Waals surface area contributed by atoms with Crippen molar-refractivity contribution in [2.24, 2.45) is 0 Å². The monoisotopic (exact) mass is 242 g/mol. The van der Waals surface area contributed by atoms with Crippen molar-refractivity contribution in [3.63, 3.8) is 0 Å². The lowest BCUT2D eigenvalue weighted by atomic mass is 10.0. The van der Waals surface area contributed by atoms with Crippen LogP contribution in [0.1, 0.15) is 18.4 Å². The summed E-state index contributed by atoms with van der Waals surface area (Å²) in [7, 11) is 3.05. The Labute approximate surface area is 101 Å². The molecule has 1 atom stereocenters. The highest BCUT2D eigenvalue weighted by Crippen LogP contribution is 2.21. The first-order chi connectivity index (χ1) is 8.19. The van der Waals surface area contributed by atoms with E-state index in [9.17, 15) is 9.50 Å². The fraction of sp³-hybridized carbons (Fsp3) is 0.538. The average molecular weight is 242 g/mol. The van der Waals surface area contributed by atoms with Gasteiger partial charge < -0.3 is 14.6 Å². The van der Waals surface area contributed by atoms with E-state index in [1.54, 1.807) is 25.3 Å². The zero-order valence-electron chi connectivity index (χ0n) is 10.3. The van der Waals surface area contributed by atoms with Crippen molar-refractivity contribution in [2.75, 3.05) is 20.8 Å². The van der Waals surface area contributed by atoms with Gasteiger partial charge in [0.25, 0.3) is 0 Å². The van der Waals surface area contributed by atoms with Crippen LogP contribution in [0.4, 0.5) is 4.39 Å². The van der Waals surface area contributed by atoms with Crippen molar-refractivity contribution in [1.29, 1.82) is 0 Å². The van der Waals surface area contributed by atoms with Gasteiger partial charge in [-0.05, 0) is 24.5 Å². The number of ether oxygens (including phenoxy) is 2. The summed E-state index contributed by atoms with van der Waals surface area (Å²) in [5.74, 6) is -0.174. The van der Waals surface area contributed by atoms with Gasteiger partial charge in [-0.1, -0.05) is 12.1 Å². The van der Waals surface area contributed by atoms with E-state index in [2.05, 4.69) is 0 Å². The molecule has 1 N–H and O–H groups in total. The van der Waals surface area contributed by atoms with Crippen molar-refractivity contribution in [3.8, 4) is 5.75 Å². The molecule has 0 fully saturated rings. The molecule has 0 amide bonds. The summed E-state index contributed by atoms with van der Waals surface area (Å²) in [6.45, 7) is 0.609. The Bertz CT molecular complexity index is 341. The molecule has 0 aromatic heterocycles. The lowest BCUT2D eigenvalue weighted by Crippen LogP contribution is -2.12. The third-order valence-electron chi connectivity index (χ3n) is 2.60. The molecule has 96 valence electrons. The van der Waals surface area contributed by atoms with E-state index in [1.165, 1.54) is 7.11 Å². The number of aliphatic hydroxyl groups is 1. The van der Waals surface area contributed by atoms with Crippen LogP contribution in [0.5, 0.6) is 5.75 Å². The van der Waals surface area contributed by atoms with Crippen molar-refractivity contribution >= 4 is 0 Å². The molecule has 1 aromatic rings. The zero-order chi connectivity index (χ0) is 12.7. The number of methoxy groups -OCH3 is 2. The van der Waals surface area contributed by atoms with Crippen molar-refractivity contribution < 1.29 is 19.0 Å². The molecule has 0 aliphatic rings. The fourth-order valence-electron chi connectivity index (χ4n) is 1.69. The molecule has 0 saturated carbocycles. The van der Waals surface area contributed by atoms with Gasteiger partial charge in [0.15, 0.2) is 11.6 Å². The van der Waals surface area contributed by atoms with Gasteiger partial charge in [-0.15, -0.1) is 0 Å². The Kier molecular flexibility index (Phi) is 5.94. The summed E-state index contributed by atoms with van der Waals surface area (Å²) in [5, 5.41) is 9.75. The summed E-state index contributed by atoms with van der Waals surface area (Å²) in [6.07, 6.45) is 1.12. The fourth-order valence-corrected chi connectivity index (χ4v) is 1.69. The molecule has 1 rings (SSSR count). The highest BCUT2D eigenvalue weighted by atomic mass is 19.1. The second kappa shape index (κ2) is 7.25. The average Bonchev–Trinajstić information content (AvgIpc) is 2.32. The Morgan fingerprint density at radius 1 is 1.35 bits per heavy atom. The van der Waals surface area contributed by atoms with Gasteiger partial charge in [-0.25, -0.2) is 4.39 Å². The predicted molar refractivity (Wildman–Crippen MR) is 63.8 cm³/mol. The molecular weight excluding hydrogens is 223 g/mol. The van der Waals surface area contributed by atoms with Gasteiger partial charge in [0, 0.05) is 20.1 Å². The van der Waals surface area contributed by atoms with Crippen LogP contribution in [-0.2, 0) is 11.2 Å². The molecule has 1 aromatic carbocycles. The van der Waals surface area contributed by atoms with Crippen LogP contribution in [0.25, 0.3) is 0 Å². The molecule has 1 unspecified atom stereocenters. The molecule has 0 aliphatic carbocycles. The summed E-state index contributed by atoms with van der Waals surface area (Å²) < 4.78 is 23.5. The van der Waals surface area contributed by atoms with Gasteiger partial charge in [0.1, 0.15) is 0 Å². The first-order valence-corrected chi connectivity index (χ1v) is 5.67. The predicted octanol–water partition coefficient (Wildman–Crippen LogP) is 2.16. The SMILES string of the molecule is COCCCC(O)Cc1cccc(OC)c1F. The quantitative estimate of drug-likeness (QED) is 0.745. The topological polar surface area (TPSA) is 38.7 Å². The molecule has 3 nitrogen and oxygen atoms in total. The van der Waals surface area contributed by atoms with Crippen molar-refractivity contribution in [3.05, 3.63) is 29.6 Å². The number of hydrogen-bond donors (Lipinski definition) is 1. The van der Waals surface area contributed by atoms with Crippen LogP contribution in [0.2, 0.25) is 0 Å². The Morgan fingerprint density at radius 3 is 2.76 bits per heavy atom. The van der Waals surface area contributed by atoms with Crippen LogP contribution < -0.4 is 4.74 Å². The molecule has 4 heteroatoms. The number of aliphatic hydroxyl groups excluding tert-OH is 1. The largest absolute Gasteiger partial charge is 0.494 e. The third-order valence-corrected chi connectivity index (χ3v) is 2.60. The molecular formula is C13H19FO3. The first-order valence-electron chi connectivity index (χ1n) is 5.67. The Morgan fingerprint density at radius 2 is 2.12 bits per heavy atom. The van der Waals surface area contributed by atoms with Gasteiger partial charge in [-0.2, -0.15) is 0 Å². The summed E-state index contributed by atoms with van der Waals surface area (Å²) in [5.41, 5.74) is 0.481. The third kappa shape index (κ3) is 4.32. The number of halogens is 1. The van der Waals surface area contributed by atoms with E-state index in [4.69, 9.17) is 9.47 Å². The lowest BCUT2D eigenvalue weighted by Gasteiger charge is -2.12. The number of rotatable bonds is 7.